The first-order chi connectivity index (χ1) is 7.09. The average Bonchev–Trinajstić information content (AvgIpc) is 2.59. The van der Waals surface area contributed by atoms with Gasteiger partial charge in [0.25, 0.3) is 0 Å². The Morgan fingerprint density at radius 2 is 2.07 bits per heavy atom. The normalized spacial score (nSPS) is 21.8. The molecule has 82 valence electrons. The van der Waals surface area contributed by atoms with Crippen LogP contribution in [0.4, 0.5) is 0 Å². The van der Waals surface area contributed by atoms with Crippen LogP contribution in [0, 0.1) is 12.8 Å². The summed E-state index contributed by atoms with van der Waals surface area (Å²) in [5.41, 5.74) is 4.55. The van der Waals surface area contributed by atoms with Gasteiger partial charge in [-0.2, -0.15) is 0 Å². The van der Waals surface area contributed by atoms with Crippen molar-refractivity contribution in [1.82, 2.24) is 0 Å². The van der Waals surface area contributed by atoms with Crippen molar-refractivity contribution in [2.45, 2.75) is 44.4 Å². The third-order valence-electron chi connectivity index (χ3n) is 3.45. The van der Waals surface area contributed by atoms with Gasteiger partial charge in [0.1, 0.15) is 0 Å². The Balaban J connectivity index is 2.31. The van der Waals surface area contributed by atoms with Gasteiger partial charge in [0, 0.05) is 4.83 Å². The van der Waals surface area contributed by atoms with Gasteiger partial charge in [-0.15, -0.1) is 0 Å². The van der Waals surface area contributed by atoms with Gasteiger partial charge in [0.05, 0.1) is 0 Å². The van der Waals surface area contributed by atoms with E-state index in [0.29, 0.717) is 10.7 Å². The lowest BCUT2D eigenvalue weighted by Gasteiger charge is -2.22. The minimum absolute atomic E-state index is 0.626. The molecule has 0 spiro atoms. The van der Waals surface area contributed by atoms with Crippen LogP contribution in [0.1, 0.15) is 42.9 Å². The smallest absolute Gasteiger partial charge is 0.0237 e. The maximum atomic E-state index is 3.86. The van der Waals surface area contributed by atoms with E-state index in [2.05, 4.69) is 54.9 Å². The lowest BCUT2D eigenvalue weighted by atomic mass is 9.91. The van der Waals surface area contributed by atoms with E-state index in [0.717, 1.165) is 5.92 Å². The molecule has 2 rings (SSSR count). The highest BCUT2D eigenvalue weighted by molar-refractivity contribution is 9.09. The Hall–Kier alpha value is -0.300. The molecule has 0 fully saturated rings. The van der Waals surface area contributed by atoms with Crippen molar-refractivity contribution in [2.75, 3.05) is 0 Å². The molecule has 0 N–H and O–H groups in total. The molecule has 2 unspecified atom stereocenters. The van der Waals surface area contributed by atoms with Gasteiger partial charge in [0.15, 0.2) is 0 Å². The monoisotopic (exact) mass is 266 g/mol. The second-order valence-corrected chi connectivity index (χ2v) is 6.09. The Kier molecular flexibility index (Phi) is 3.20. The van der Waals surface area contributed by atoms with E-state index in [1.165, 1.54) is 18.4 Å². The number of fused-ring (bicyclic) bond motifs is 1. The zero-order valence-corrected chi connectivity index (χ0v) is 11.3. The highest BCUT2D eigenvalue weighted by Crippen LogP contribution is 2.41. The van der Waals surface area contributed by atoms with Gasteiger partial charge >= 0.3 is 0 Å². The fourth-order valence-electron chi connectivity index (χ4n) is 2.55. The summed E-state index contributed by atoms with van der Waals surface area (Å²) in [5.74, 6) is 1.43. The number of benzene rings is 1. The van der Waals surface area contributed by atoms with Crippen LogP contribution in [-0.4, -0.2) is 4.83 Å². The molecule has 1 aliphatic carbocycles. The first-order valence-electron chi connectivity index (χ1n) is 5.83. The van der Waals surface area contributed by atoms with Crippen LogP contribution in [0.5, 0.6) is 0 Å². The largest absolute Gasteiger partial charge is 0.0881 e. The van der Waals surface area contributed by atoms with Crippen LogP contribution in [0.15, 0.2) is 18.2 Å². The summed E-state index contributed by atoms with van der Waals surface area (Å²) in [5, 5.41) is 0. The molecule has 1 heteroatoms. The van der Waals surface area contributed by atoms with Crippen molar-refractivity contribution in [3.05, 3.63) is 34.9 Å². The molecule has 1 aliphatic rings. The first kappa shape index (κ1) is 11.2. The number of rotatable bonds is 2. The quantitative estimate of drug-likeness (QED) is 0.695. The molecule has 0 aliphatic heterocycles. The van der Waals surface area contributed by atoms with Crippen LogP contribution >= 0.6 is 15.9 Å². The molecule has 15 heavy (non-hydrogen) atoms. The van der Waals surface area contributed by atoms with Crippen molar-refractivity contribution < 1.29 is 0 Å². The van der Waals surface area contributed by atoms with E-state index in [1.54, 1.807) is 11.1 Å². The van der Waals surface area contributed by atoms with Gasteiger partial charge in [-0.3, -0.25) is 0 Å². The van der Waals surface area contributed by atoms with E-state index in [-0.39, 0.29) is 0 Å². The Morgan fingerprint density at radius 1 is 1.33 bits per heavy atom. The molecule has 0 amide bonds. The zero-order valence-electron chi connectivity index (χ0n) is 9.76. The van der Waals surface area contributed by atoms with Crippen LogP contribution in [0.25, 0.3) is 0 Å². The molecular formula is C14H19Br. The predicted molar refractivity (Wildman–Crippen MR) is 69.8 cm³/mol. The summed E-state index contributed by atoms with van der Waals surface area (Å²) in [6.07, 6.45) is 2.57. The standard InChI is InChI=1S/C14H19Br/c1-9(2)14(15)12-7-6-11-5-4-10(3)8-13(11)12/h4-5,8-9,12,14H,6-7H2,1-3H3. The van der Waals surface area contributed by atoms with Crippen molar-refractivity contribution in [3.63, 3.8) is 0 Å². The van der Waals surface area contributed by atoms with Crippen LogP contribution in [-0.2, 0) is 6.42 Å². The van der Waals surface area contributed by atoms with Crippen molar-refractivity contribution >= 4 is 15.9 Å². The third kappa shape index (κ3) is 2.13. The summed E-state index contributed by atoms with van der Waals surface area (Å²) in [7, 11) is 0. The number of alkyl halides is 1. The molecule has 0 nitrogen and oxygen atoms in total. The molecule has 0 radical (unpaired) electrons. The minimum Gasteiger partial charge on any atom is -0.0881 e. The number of aryl methyl sites for hydroxylation is 2. The first-order valence-corrected chi connectivity index (χ1v) is 6.74. The van der Waals surface area contributed by atoms with Crippen LogP contribution < -0.4 is 0 Å². The fraction of sp³-hybridized carbons (Fsp3) is 0.571. The minimum atomic E-state index is 0.626. The fourth-order valence-corrected chi connectivity index (χ4v) is 3.10. The molecule has 1 aromatic carbocycles. The van der Waals surface area contributed by atoms with Gasteiger partial charge in [-0.25, -0.2) is 0 Å². The van der Waals surface area contributed by atoms with Gasteiger partial charge in [0.2, 0.25) is 0 Å². The number of halogens is 1. The van der Waals surface area contributed by atoms with Gasteiger partial charge < -0.3 is 0 Å². The molecule has 0 aromatic heterocycles. The molecule has 0 saturated carbocycles. The predicted octanol–water partition coefficient (Wildman–Crippen LogP) is 4.44. The van der Waals surface area contributed by atoms with E-state index >= 15 is 0 Å². The lowest BCUT2D eigenvalue weighted by Crippen LogP contribution is -2.16. The molecular weight excluding hydrogens is 248 g/mol. The molecule has 0 saturated heterocycles. The highest BCUT2D eigenvalue weighted by Gasteiger charge is 2.29. The van der Waals surface area contributed by atoms with Crippen molar-refractivity contribution in [1.29, 1.82) is 0 Å². The Morgan fingerprint density at radius 3 is 2.73 bits per heavy atom. The lowest BCUT2D eigenvalue weighted by molar-refractivity contribution is 0.522. The SMILES string of the molecule is Cc1ccc2c(c1)C(C(Br)C(C)C)CC2. The highest BCUT2D eigenvalue weighted by atomic mass is 79.9. The van der Waals surface area contributed by atoms with Gasteiger partial charge in [-0.05, 0) is 42.7 Å². The molecule has 0 bridgehead atoms. The zero-order chi connectivity index (χ0) is 11.0. The third-order valence-corrected chi connectivity index (χ3v) is 5.14. The second kappa shape index (κ2) is 4.29. The van der Waals surface area contributed by atoms with E-state index < -0.39 is 0 Å². The summed E-state index contributed by atoms with van der Waals surface area (Å²) < 4.78 is 0. The summed E-state index contributed by atoms with van der Waals surface area (Å²) in [4.78, 5) is 0.626. The average molecular weight is 267 g/mol. The van der Waals surface area contributed by atoms with E-state index in [4.69, 9.17) is 0 Å². The summed E-state index contributed by atoms with van der Waals surface area (Å²) in [6.45, 7) is 6.79. The van der Waals surface area contributed by atoms with Crippen molar-refractivity contribution in [3.8, 4) is 0 Å². The summed E-state index contributed by atoms with van der Waals surface area (Å²) >= 11 is 3.86. The Labute approximate surface area is 101 Å². The van der Waals surface area contributed by atoms with E-state index in [9.17, 15) is 0 Å². The Bertz CT molecular complexity index is 354. The maximum absolute atomic E-state index is 3.86. The van der Waals surface area contributed by atoms with Crippen LogP contribution in [0.2, 0.25) is 0 Å². The van der Waals surface area contributed by atoms with Crippen molar-refractivity contribution in [2.24, 2.45) is 5.92 Å². The maximum Gasteiger partial charge on any atom is 0.0237 e. The number of hydrogen-bond donors (Lipinski definition) is 0. The molecule has 1 aromatic rings. The molecule has 2 atom stereocenters. The topological polar surface area (TPSA) is 0 Å². The molecule has 0 heterocycles. The van der Waals surface area contributed by atoms with Crippen LogP contribution in [0.3, 0.4) is 0 Å². The summed E-state index contributed by atoms with van der Waals surface area (Å²) in [6, 6.07) is 6.92. The van der Waals surface area contributed by atoms with Gasteiger partial charge in [-0.1, -0.05) is 53.5 Å². The second-order valence-electron chi connectivity index (χ2n) is 5.04. The number of hydrogen-bond acceptors (Lipinski definition) is 0. The van der Waals surface area contributed by atoms with E-state index in [1.807, 2.05) is 0 Å².